The summed E-state index contributed by atoms with van der Waals surface area (Å²) in [6, 6.07) is 7.87. The van der Waals surface area contributed by atoms with Gasteiger partial charge in [-0.25, -0.2) is 4.98 Å². The molecular formula is C20H23N3O3S. The standard InChI is InChI=1S/C20H23N3O3S/c1-12(2)15-7-4-8-17-18(15)21-20(27-17)23(11-14-6-5-9-25-14)19(24)16-10-13(3)26-22-16/h4,7-8,10,12,14H,5-6,9,11H2,1-3H3. The summed E-state index contributed by atoms with van der Waals surface area (Å²) < 4.78 is 12.0. The van der Waals surface area contributed by atoms with Crippen molar-refractivity contribution in [2.75, 3.05) is 18.1 Å². The van der Waals surface area contributed by atoms with Crippen LogP contribution in [-0.2, 0) is 4.74 Å². The first-order chi connectivity index (χ1) is 13.0. The molecule has 1 aliphatic heterocycles. The van der Waals surface area contributed by atoms with Crippen LogP contribution in [0, 0.1) is 6.92 Å². The van der Waals surface area contributed by atoms with Gasteiger partial charge in [0, 0.05) is 12.7 Å². The summed E-state index contributed by atoms with van der Waals surface area (Å²) in [5.74, 6) is 0.776. The fourth-order valence-corrected chi connectivity index (χ4v) is 4.39. The average Bonchev–Trinajstić information content (AvgIpc) is 3.38. The van der Waals surface area contributed by atoms with Gasteiger partial charge >= 0.3 is 0 Å². The average molecular weight is 385 g/mol. The molecule has 0 saturated carbocycles. The normalized spacial score (nSPS) is 17.1. The number of ether oxygens (including phenoxy) is 1. The van der Waals surface area contributed by atoms with Crippen molar-refractivity contribution in [1.29, 1.82) is 0 Å². The number of carbonyl (C=O) groups is 1. The number of carbonyl (C=O) groups excluding carboxylic acids is 1. The Morgan fingerprint density at radius 1 is 1.41 bits per heavy atom. The van der Waals surface area contributed by atoms with Crippen LogP contribution in [0.2, 0.25) is 0 Å². The van der Waals surface area contributed by atoms with E-state index in [0.717, 1.165) is 29.7 Å². The number of thiazole rings is 1. The molecule has 142 valence electrons. The van der Waals surface area contributed by atoms with E-state index in [-0.39, 0.29) is 12.0 Å². The highest BCUT2D eigenvalue weighted by Crippen LogP contribution is 2.34. The van der Waals surface area contributed by atoms with Crippen molar-refractivity contribution in [1.82, 2.24) is 10.1 Å². The zero-order valence-corrected chi connectivity index (χ0v) is 16.6. The summed E-state index contributed by atoms with van der Waals surface area (Å²) >= 11 is 1.53. The smallest absolute Gasteiger partial charge is 0.282 e. The number of hydrogen-bond acceptors (Lipinski definition) is 6. The molecule has 6 nitrogen and oxygen atoms in total. The Labute approximate surface area is 162 Å². The molecule has 2 aromatic heterocycles. The van der Waals surface area contributed by atoms with Crippen LogP contribution in [0.3, 0.4) is 0 Å². The van der Waals surface area contributed by atoms with Crippen molar-refractivity contribution >= 4 is 32.6 Å². The third-order valence-electron chi connectivity index (χ3n) is 4.79. The van der Waals surface area contributed by atoms with Crippen LogP contribution in [0.1, 0.15) is 54.4 Å². The van der Waals surface area contributed by atoms with Gasteiger partial charge in [0.15, 0.2) is 10.8 Å². The van der Waals surface area contributed by atoms with E-state index in [1.54, 1.807) is 17.9 Å². The Bertz CT molecular complexity index is 956. The summed E-state index contributed by atoms with van der Waals surface area (Å²) in [6.45, 7) is 7.30. The predicted octanol–water partition coefficient (Wildman–Crippen LogP) is 4.54. The minimum Gasteiger partial charge on any atom is -0.376 e. The van der Waals surface area contributed by atoms with Crippen LogP contribution in [-0.4, -0.2) is 35.3 Å². The Morgan fingerprint density at radius 3 is 2.93 bits per heavy atom. The first-order valence-electron chi connectivity index (χ1n) is 9.29. The summed E-state index contributed by atoms with van der Waals surface area (Å²) in [7, 11) is 0. The van der Waals surface area contributed by atoms with Crippen molar-refractivity contribution in [3.8, 4) is 0 Å². The number of hydrogen-bond donors (Lipinski definition) is 0. The number of para-hydroxylation sites is 1. The zero-order chi connectivity index (χ0) is 19.0. The minimum absolute atomic E-state index is 0.0264. The Balaban J connectivity index is 1.74. The SMILES string of the molecule is Cc1cc(C(=O)N(CC2CCCO2)c2nc3c(C(C)C)cccc3s2)no1. The monoisotopic (exact) mass is 385 g/mol. The lowest BCUT2D eigenvalue weighted by Gasteiger charge is -2.22. The Hall–Kier alpha value is -2.25. The number of amides is 1. The first-order valence-corrected chi connectivity index (χ1v) is 10.1. The summed E-state index contributed by atoms with van der Waals surface area (Å²) in [5, 5.41) is 4.59. The lowest BCUT2D eigenvalue weighted by molar-refractivity contribution is 0.0910. The van der Waals surface area contributed by atoms with E-state index in [0.29, 0.717) is 29.0 Å². The van der Waals surface area contributed by atoms with E-state index in [1.165, 1.54) is 16.9 Å². The molecule has 0 spiro atoms. The molecule has 1 atom stereocenters. The summed E-state index contributed by atoms with van der Waals surface area (Å²) in [4.78, 5) is 19.7. The number of anilines is 1. The maximum atomic E-state index is 13.2. The van der Waals surface area contributed by atoms with E-state index >= 15 is 0 Å². The summed E-state index contributed by atoms with van der Waals surface area (Å²) in [5.41, 5.74) is 2.46. The maximum Gasteiger partial charge on any atom is 0.282 e. The highest BCUT2D eigenvalue weighted by Gasteiger charge is 2.29. The second kappa shape index (κ2) is 7.40. The van der Waals surface area contributed by atoms with Crippen molar-refractivity contribution in [3.05, 3.63) is 41.3 Å². The Morgan fingerprint density at radius 2 is 2.26 bits per heavy atom. The highest BCUT2D eigenvalue weighted by molar-refractivity contribution is 7.22. The molecular weight excluding hydrogens is 362 g/mol. The molecule has 0 bridgehead atoms. The van der Waals surface area contributed by atoms with Crippen molar-refractivity contribution in [2.45, 2.75) is 45.6 Å². The highest BCUT2D eigenvalue weighted by atomic mass is 32.1. The largest absolute Gasteiger partial charge is 0.376 e. The molecule has 1 aromatic carbocycles. The second-order valence-corrected chi connectivity index (χ2v) is 8.23. The van der Waals surface area contributed by atoms with Crippen LogP contribution in [0.4, 0.5) is 5.13 Å². The van der Waals surface area contributed by atoms with Crippen molar-refractivity contribution in [2.24, 2.45) is 0 Å². The number of benzene rings is 1. The van der Waals surface area contributed by atoms with Gasteiger partial charge in [-0.2, -0.15) is 0 Å². The van der Waals surface area contributed by atoms with Crippen LogP contribution in [0.5, 0.6) is 0 Å². The number of nitrogens with zero attached hydrogens (tertiary/aromatic N) is 3. The van der Waals surface area contributed by atoms with Crippen molar-refractivity contribution < 1.29 is 14.1 Å². The second-order valence-electron chi connectivity index (χ2n) is 7.22. The lowest BCUT2D eigenvalue weighted by Crippen LogP contribution is -2.37. The molecule has 1 fully saturated rings. The molecule has 27 heavy (non-hydrogen) atoms. The van der Waals surface area contributed by atoms with Gasteiger partial charge in [0.2, 0.25) is 0 Å². The molecule has 1 aliphatic rings. The Kier molecular flexibility index (Phi) is 4.97. The third-order valence-corrected chi connectivity index (χ3v) is 5.84. The van der Waals surface area contributed by atoms with Gasteiger partial charge in [-0.15, -0.1) is 0 Å². The van der Waals surface area contributed by atoms with Crippen LogP contribution in [0.25, 0.3) is 10.2 Å². The van der Waals surface area contributed by atoms with Gasteiger partial charge in [-0.3, -0.25) is 9.69 Å². The minimum atomic E-state index is -0.201. The molecule has 1 amide bonds. The molecule has 3 heterocycles. The maximum absolute atomic E-state index is 13.2. The van der Waals surface area contributed by atoms with E-state index in [9.17, 15) is 4.79 Å². The molecule has 1 unspecified atom stereocenters. The quantitative estimate of drug-likeness (QED) is 0.645. The number of fused-ring (bicyclic) bond motifs is 1. The number of aryl methyl sites for hydroxylation is 1. The topological polar surface area (TPSA) is 68.5 Å². The number of aromatic nitrogens is 2. The fourth-order valence-electron chi connectivity index (χ4n) is 3.38. The van der Waals surface area contributed by atoms with Gasteiger partial charge in [0.05, 0.1) is 22.9 Å². The molecule has 0 aliphatic carbocycles. The number of rotatable bonds is 5. The van der Waals surface area contributed by atoms with Crippen LogP contribution >= 0.6 is 11.3 Å². The van der Waals surface area contributed by atoms with E-state index in [4.69, 9.17) is 14.2 Å². The lowest BCUT2D eigenvalue weighted by atomic mass is 10.0. The van der Waals surface area contributed by atoms with Crippen LogP contribution in [0.15, 0.2) is 28.8 Å². The van der Waals surface area contributed by atoms with E-state index in [2.05, 4.69) is 31.1 Å². The van der Waals surface area contributed by atoms with Gasteiger partial charge in [0.1, 0.15) is 5.76 Å². The molecule has 1 saturated heterocycles. The molecule has 3 aromatic rings. The molecule has 0 radical (unpaired) electrons. The van der Waals surface area contributed by atoms with Gasteiger partial charge < -0.3 is 9.26 Å². The van der Waals surface area contributed by atoms with E-state index < -0.39 is 0 Å². The molecule has 7 heteroatoms. The molecule has 4 rings (SSSR count). The summed E-state index contributed by atoms with van der Waals surface area (Å²) in [6.07, 6.45) is 2.00. The molecule has 0 N–H and O–H groups in total. The fraction of sp³-hybridized carbons (Fsp3) is 0.450. The first kappa shape index (κ1) is 18.1. The van der Waals surface area contributed by atoms with Gasteiger partial charge in [-0.05, 0) is 37.3 Å². The van der Waals surface area contributed by atoms with E-state index in [1.807, 2.05) is 6.07 Å². The predicted molar refractivity (Wildman–Crippen MR) is 106 cm³/mol. The van der Waals surface area contributed by atoms with Crippen LogP contribution < -0.4 is 4.90 Å². The van der Waals surface area contributed by atoms with Gasteiger partial charge in [-0.1, -0.05) is 42.5 Å². The van der Waals surface area contributed by atoms with Crippen molar-refractivity contribution in [3.63, 3.8) is 0 Å². The zero-order valence-electron chi connectivity index (χ0n) is 15.8. The van der Waals surface area contributed by atoms with Gasteiger partial charge in [0.25, 0.3) is 5.91 Å². The third kappa shape index (κ3) is 3.61.